The Morgan fingerprint density at radius 1 is 1.06 bits per heavy atom. The van der Waals surface area contributed by atoms with E-state index in [4.69, 9.17) is 0 Å². The summed E-state index contributed by atoms with van der Waals surface area (Å²) in [4.78, 5) is 12.8. The minimum absolute atomic E-state index is 0.157. The zero-order chi connectivity index (χ0) is 23.2. The van der Waals surface area contributed by atoms with Crippen molar-refractivity contribution < 1.29 is 14.1 Å². The maximum absolute atomic E-state index is 13.0. The summed E-state index contributed by atoms with van der Waals surface area (Å²) in [5.74, 6) is 0. The van der Waals surface area contributed by atoms with Crippen molar-refractivity contribution in [3.8, 4) is 5.69 Å². The molecule has 5 rings (SSSR count). The number of aryl methyl sites for hydroxylation is 2. The summed E-state index contributed by atoms with van der Waals surface area (Å²) in [5, 5.41) is 18.1. The largest absolute Gasteiger partial charge is 0.384 e. The summed E-state index contributed by atoms with van der Waals surface area (Å²) in [7, 11) is -2.44. The number of aromatic nitrogens is 2. The number of thiol groups is 1. The Balaban J connectivity index is 1.47. The SMILES string of the molecule is CC(C)(O)c1cc(/[SH](=O)=N/C(=O)Nc2c3c(cc4c2CCC4)CCC3)nn1-c1ccccc1. The lowest BCUT2D eigenvalue weighted by Crippen LogP contribution is -2.20. The summed E-state index contributed by atoms with van der Waals surface area (Å²) < 4.78 is 18.5. The van der Waals surface area contributed by atoms with E-state index in [0.29, 0.717) is 5.69 Å². The van der Waals surface area contributed by atoms with Crippen molar-refractivity contribution in [3.63, 3.8) is 0 Å². The molecule has 0 saturated heterocycles. The molecule has 1 unspecified atom stereocenters. The number of fused-ring (bicyclic) bond motifs is 2. The van der Waals surface area contributed by atoms with Gasteiger partial charge in [0.15, 0.2) is 5.03 Å². The predicted molar refractivity (Wildman–Crippen MR) is 129 cm³/mol. The summed E-state index contributed by atoms with van der Waals surface area (Å²) in [6.07, 6.45) is 6.13. The average Bonchev–Trinajstić information content (AvgIpc) is 3.52. The van der Waals surface area contributed by atoms with Gasteiger partial charge in [-0.05, 0) is 92.8 Å². The lowest BCUT2D eigenvalue weighted by Gasteiger charge is -2.18. The van der Waals surface area contributed by atoms with Crippen LogP contribution in [0.2, 0.25) is 0 Å². The van der Waals surface area contributed by atoms with Crippen LogP contribution in [0, 0.1) is 0 Å². The Hall–Kier alpha value is -2.97. The molecule has 0 saturated carbocycles. The number of para-hydroxylation sites is 1. The fourth-order valence-electron chi connectivity index (χ4n) is 4.90. The maximum Gasteiger partial charge on any atom is 0.353 e. The highest BCUT2D eigenvalue weighted by atomic mass is 32.2. The fraction of sp³-hybridized carbons (Fsp3) is 0.360. The first kappa shape index (κ1) is 21.9. The van der Waals surface area contributed by atoms with Crippen molar-refractivity contribution in [1.29, 1.82) is 0 Å². The number of hydrogen-bond donors (Lipinski definition) is 3. The molecule has 172 valence electrons. The molecular formula is C25H28N4O3S. The molecule has 0 aliphatic heterocycles. The minimum atomic E-state index is -2.44. The highest BCUT2D eigenvalue weighted by molar-refractivity contribution is 7.75. The zero-order valence-corrected chi connectivity index (χ0v) is 19.7. The summed E-state index contributed by atoms with van der Waals surface area (Å²) in [6, 6.07) is 12.5. The molecule has 7 nitrogen and oxygen atoms in total. The van der Waals surface area contributed by atoms with Crippen LogP contribution >= 0.6 is 0 Å². The molecule has 1 heterocycles. The van der Waals surface area contributed by atoms with Gasteiger partial charge in [-0.15, -0.1) is 4.36 Å². The van der Waals surface area contributed by atoms with Crippen LogP contribution in [0.1, 0.15) is 54.6 Å². The second-order valence-electron chi connectivity index (χ2n) is 9.23. The molecule has 2 N–H and O–H groups in total. The maximum atomic E-state index is 13.0. The Morgan fingerprint density at radius 2 is 1.70 bits per heavy atom. The van der Waals surface area contributed by atoms with E-state index in [2.05, 4.69) is 20.8 Å². The van der Waals surface area contributed by atoms with Crippen LogP contribution in [-0.4, -0.2) is 25.1 Å². The van der Waals surface area contributed by atoms with Crippen molar-refractivity contribution >= 4 is 22.3 Å². The summed E-state index contributed by atoms with van der Waals surface area (Å²) >= 11 is 0. The second-order valence-corrected chi connectivity index (χ2v) is 10.4. The van der Waals surface area contributed by atoms with Crippen molar-refractivity contribution in [2.45, 2.75) is 63.0 Å². The van der Waals surface area contributed by atoms with E-state index < -0.39 is 22.2 Å². The van der Waals surface area contributed by atoms with Gasteiger partial charge in [0.2, 0.25) is 0 Å². The fourth-order valence-corrected chi connectivity index (χ4v) is 5.61. The Morgan fingerprint density at radius 3 is 2.30 bits per heavy atom. The zero-order valence-electron chi connectivity index (χ0n) is 18.8. The number of benzene rings is 2. The van der Waals surface area contributed by atoms with Crippen LogP contribution in [0.5, 0.6) is 0 Å². The van der Waals surface area contributed by atoms with Crippen LogP contribution in [0.15, 0.2) is 51.9 Å². The molecule has 0 radical (unpaired) electrons. The van der Waals surface area contributed by atoms with Gasteiger partial charge in [0.25, 0.3) is 0 Å². The molecule has 3 aromatic rings. The van der Waals surface area contributed by atoms with Gasteiger partial charge in [0.1, 0.15) is 5.60 Å². The third kappa shape index (κ3) is 4.20. The molecule has 1 atom stereocenters. The van der Waals surface area contributed by atoms with Crippen molar-refractivity contribution in [2.75, 3.05) is 5.32 Å². The van der Waals surface area contributed by atoms with Crippen LogP contribution in [0.25, 0.3) is 5.69 Å². The number of carbonyl (C=O) groups excluding carboxylic acids is 1. The van der Waals surface area contributed by atoms with Crippen LogP contribution < -0.4 is 5.32 Å². The standard InChI is InChI=1S/C25H28N4O3S/c1-25(2,31)21-15-22(27-29(21)18-10-4-3-5-11-18)33(32)28-24(30)26-23-19-12-6-8-16(19)14-17-9-7-13-20(17)23/h3-5,10-11,14-15,31,33H,6-9,12-13H2,1-2H3,(H,26,30). The van der Waals surface area contributed by atoms with E-state index in [1.54, 1.807) is 24.6 Å². The van der Waals surface area contributed by atoms with Gasteiger partial charge in [0, 0.05) is 5.69 Å². The number of urea groups is 1. The Bertz CT molecular complexity index is 1280. The Labute approximate surface area is 195 Å². The van der Waals surface area contributed by atoms with Gasteiger partial charge in [-0.3, -0.25) is 0 Å². The molecule has 0 bridgehead atoms. The van der Waals surface area contributed by atoms with E-state index in [0.717, 1.165) is 49.9 Å². The first-order chi connectivity index (χ1) is 15.8. The lowest BCUT2D eigenvalue weighted by atomic mass is 9.99. The molecule has 0 fully saturated rings. The van der Waals surface area contributed by atoms with Gasteiger partial charge < -0.3 is 10.4 Å². The second kappa shape index (κ2) is 8.43. The van der Waals surface area contributed by atoms with Crippen molar-refractivity contribution in [2.24, 2.45) is 4.36 Å². The molecule has 2 aliphatic rings. The number of anilines is 1. The van der Waals surface area contributed by atoms with E-state index in [1.165, 1.54) is 22.3 Å². The van der Waals surface area contributed by atoms with E-state index in [-0.39, 0.29) is 5.03 Å². The first-order valence-corrected chi connectivity index (χ1v) is 12.6. The number of nitrogens with one attached hydrogen (secondary N) is 1. The number of nitrogens with zero attached hydrogens (tertiary/aromatic N) is 3. The lowest BCUT2D eigenvalue weighted by molar-refractivity contribution is 0.0711. The predicted octanol–water partition coefficient (Wildman–Crippen LogP) is 4.33. The Kier molecular flexibility index (Phi) is 5.58. The monoisotopic (exact) mass is 464 g/mol. The molecule has 1 aromatic heterocycles. The first-order valence-electron chi connectivity index (χ1n) is 11.4. The number of aliphatic hydroxyl groups is 1. The van der Waals surface area contributed by atoms with E-state index >= 15 is 0 Å². The molecular weight excluding hydrogens is 436 g/mol. The number of hydrogen-bond acceptors (Lipinski definition) is 4. The number of rotatable bonds is 4. The topological polar surface area (TPSA) is 96.6 Å². The van der Waals surface area contributed by atoms with Gasteiger partial charge in [0.05, 0.1) is 22.0 Å². The van der Waals surface area contributed by atoms with Crippen molar-refractivity contribution in [3.05, 3.63) is 70.4 Å². The minimum Gasteiger partial charge on any atom is -0.384 e. The molecule has 2 aromatic carbocycles. The van der Waals surface area contributed by atoms with E-state index in [1.807, 2.05) is 30.3 Å². The van der Waals surface area contributed by atoms with Gasteiger partial charge in [-0.1, -0.05) is 24.3 Å². The molecule has 33 heavy (non-hydrogen) atoms. The highest BCUT2D eigenvalue weighted by Crippen LogP contribution is 2.38. The third-order valence-electron chi connectivity index (χ3n) is 6.41. The molecule has 2 amide bonds. The summed E-state index contributed by atoms with van der Waals surface area (Å²) in [5.41, 5.74) is 5.88. The van der Waals surface area contributed by atoms with Gasteiger partial charge in [-0.2, -0.15) is 5.10 Å². The highest BCUT2D eigenvalue weighted by Gasteiger charge is 2.26. The van der Waals surface area contributed by atoms with Crippen LogP contribution in [0.4, 0.5) is 10.5 Å². The average molecular weight is 465 g/mol. The third-order valence-corrected chi connectivity index (χ3v) is 7.38. The van der Waals surface area contributed by atoms with Crippen LogP contribution in [0.3, 0.4) is 0 Å². The molecule has 8 heteroatoms. The molecule has 0 spiro atoms. The van der Waals surface area contributed by atoms with Crippen molar-refractivity contribution in [1.82, 2.24) is 9.78 Å². The van der Waals surface area contributed by atoms with E-state index in [9.17, 15) is 14.1 Å². The number of carbonyl (C=O) groups is 1. The normalized spacial score (nSPS) is 16.0. The smallest absolute Gasteiger partial charge is 0.353 e. The number of amides is 2. The quantitative estimate of drug-likeness (QED) is 0.501. The van der Waals surface area contributed by atoms with Gasteiger partial charge in [-0.25, -0.2) is 13.7 Å². The summed E-state index contributed by atoms with van der Waals surface area (Å²) in [6.45, 7) is 3.28. The van der Waals surface area contributed by atoms with Crippen LogP contribution in [-0.2, 0) is 41.9 Å². The molecule has 2 aliphatic carbocycles. The van der Waals surface area contributed by atoms with Gasteiger partial charge >= 0.3 is 6.03 Å².